The van der Waals surface area contributed by atoms with Crippen LogP contribution in [0, 0.1) is 6.92 Å². The smallest absolute Gasteiger partial charge is 0.0952 e. The predicted molar refractivity (Wildman–Crippen MR) is 63.0 cm³/mol. The summed E-state index contributed by atoms with van der Waals surface area (Å²) in [6.45, 7) is 4.97. The van der Waals surface area contributed by atoms with Crippen molar-refractivity contribution in [3.05, 3.63) is 40.1 Å². The molecule has 2 aromatic rings. The van der Waals surface area contributed by atoms with E-state index in [1.165, 1.54) is 9.75 Å². The zero-order valence-corrected chi connectivity index (χ0v) is 9.79. The summed E-state index contributed by atoms with van der Waals surface area (Å²) in [7, 11) is 0. The Kier molecular flexibility index (Phi) is 2.88. The summed E-state index contributed by atoms with van der Waals surface area (Å²) in [5, 5.41) is 0. The summed E-state index contributed by atoms with van der Waals surface area (Å²) >= 11 is 1.82. The van der Waals surface area contributed by atoms with Crippen molar-refractivity contribution in [2.45, 2.75) is 26.4 Å². The van der Waals surface area contributed by atoms with Crippen molar-refractivity contribution in [1.29, 1.82) is 0 Å². The van der Waals surface area contributed by atoms with Crippen LogP contribution in [0.3, 0.4) is 0 Å². The number of aryl methyl sites for hydroxylation is 1. The maximum Gasteiger partial charge on any atom is 0.0952 e. The Bertz CT molecular complexity index is 442. The third kappa shape index (κ3) is 2.27. The fourth-order valence-corrected chi connectivity index (χ4v) is 2.47. The molecule has 15 heavy (non-hydrogen) atoms. The summed E-state index contributed by atoms with van der Waals surface area (Å²) in [4.78, 5) is 6.81. The fourth-order valence-electron chi connectivity index (χ4n) is 1.58. The van der Waals surface area contributed by atoms with E-state index < -0.39 is 0 Å². The highest BCUT2D eigenvalue weighted by Crippen LogP contribution is 2.18. The Balaban J connectivity index is 2.20. The Labute approximate surface area is 93.6 Å². The molecule has 0 bridgehead atoms. The molecule has 2 heterocycles. The lowest BCUT2D eigenvalue weighted by atomic mass is 10.2. The van der Waals surface area contributed by atoms with Crippen LogP contribution >= 0.6 is 11.3 Å². The van der Waals surface area contributed by atoms with Gasteiger partial charge in [-0.3, -0.25) is 0 Å². The Morgan fingerprint density at radius 3 is 2.93 bits per heavy atom. The quantitative estimate of drug-likeness (QED) is 0.864. The minimum atomic E-state index is 0.0357. The molecule has 0 saturated heterocycles. The van der Waals surface area contributed by atoms with Gasteiger partial charge in [0.2, 0.25) is 0 Å². The number of imidazole rings is 1. The summed E-state index contributed by atoms with van der Waals surface area (Å²) in [5.74, 6) is 0. The van der Waals surface area contributed by atoms with Crippen molar-refractivity contribution in [3.63, 3.8) is 0 Å². The van der Waals surface area contributed by atoms with E-state index in [0.717, 1.165) is 12.2 Å². The molecule has 4 heteroatoms. The minimum Gasteiger partial charge on any atom is -0.328 e. The highest BCUT2D eigenvalue weighted by atomic mass is 32.1. The highest BCUT2D eigenvalue weighted by Gasteiger charge is 2.07. The van der Waals surface area contributed by atoms with Crippen molar-refractivity contribution in [3.8, 4) is 0 Å². The van der Waals surface area contributed by atoms with E-state index in [9.17, 15) is 0 Å². The molecule has 0 spiro atoms. The largest absolute Gasteiger partial charge is 0.328 e. The van der Waals surface area contributed by atoms with Crippen molar-refractivity contribution in [1.82, 2.24) is 9.55 Å². The van der Waals surface area contributed by atoms with Gasteiger partial charge in [0.25, 0.3) is 0 Å². The Hall–Kier alpha value is -1.13. The van der Waals surface area contributed by atoms with Crippen LogP contribution in [-0.4, -0.2) is 9.55 Å². The first-order valence-corrected chi connectivity index (χ1v) is 5.79. The normalized spacial score (nSPS) is 13.0. The molecule has 0 aliphatic heterocycles. The van der Waals surface area contributed by atoms with Gasteiger partial charge in [0, 0.05) is 22.0 Å². The molecule has 1 atom stereocenters. The molecule has 0 saturated carbocycles. The third-order valence-electron chi connectivity index (χ3n) is 2.33. The molecule has 2 rings (SSSR count). The first-order valence-electron chi connectivity index (χ1n) is 4.97. The van der Waals surface area contributed by atoms with Gasteiger partial charge in [-0.1, -0.05) is 0 Å². The number of nitrogens with zero attached hydrogens (tertiary/aromatic N) is 2. The van der Waals surface area contributed by atoms with Crippen LogP contribution in [0.5, 0.6) is 0 Å². The molecule has 2 aromatic heterocycles. The molecule has 0 aliphatic carbocycles. The van der Waals surface area contributed by atoms with Crippen LogP contribution in [0.4, 0.5) is 0 Å². The number of aromatic nitrogens is 2. The summed E-state index contributed by atoms with van der Waals surface area (Å²) < 4.78 is 2.11. The number of thiophene rings is 1. The van der Waals surface area contributed by atoms with E-state index in [0.29, 0.717) is 0 Å². The van der Waals surface area contributed by atoms with Crippen molar-refractivity contribution < 1.29 is 0 Å². The number of hydrogen-bond acceptors (Lipinski definition) is 3. The predicted octanol–water partition coefficient (Wildman–Crippen LogP) is 2.32. The second-order valence-electron chi connectivity index (χ2n) is 3.75. The van der Waals surface area contributed by atoms with E-state index >= 15 is 0 Å². The van der Waals surface area contributed by atoms with E-state index in [1.807, 2.05) is 30.8 Å². The van der Waals surface area contributed by atoms with E-state index in [4.69, 9.17) is 5.73 Å². The van der Waals surface area contributed by atoms with E-state index in [-0.39, 0.29) is 6.04 Å². The van der Waals surface area contributed by atoms with Gasteiger partial charge in [0.1, 0.15) is 0 Å². The van der Waals surface area contributed by atoms with Crippen molar-refractivity contribution in [2.24, 2.45) is 5.73 Å². The van der Waals surface area contributed by atoms with Gasteiger partial charge >= 0.3 is 0 Å². The zero-order valence-electron chi connectivity index (χ0n) is 8.97. The summed E-state index contributed by atoms with van der Waals surface area (Å²) in [6, 6.07) is 4.33. The van der Waals surface area contributed by atoms with Crippen LogP contribution in [-0.2, 0) is 6.54 Å². The topological polar surface area (TPSA) is 43.8 Å². The molecule has 0 amide bonds. The van der Waals surface area contributed by atoms with Crippen LogP contribution in [0.2, 0.25) is 0 Å². The van der Waals surface area contributed by atoms with E-state index in [1.54, 1.807) is 0 Å². The van der Waals surface area contributed by atoms with Gasteiger partial charge in [0.05, 0.1) is 18.6 Å². The van der Waals surface area contributed by atoms with Gasteiger partial charge in [-0.15, -0.1) is 11.3 Å². The summed E-state index contributed by atoms with van der Waals surface area (Å²) in [5.41, 5.74) is 6.94. The first kappa shape index (κ1) is 10.4. The van der Waals surface area contributed by atoms with Gasteiger partial charge < -0.3 is 10.3 Å². The van der Waals surface area contributed by atoms with Crippen molar-refractivity contribution >= 4 is 11.3 Å². The molecular formula is C11H15N3S. The second-order valence-corrected chi connectivity index (χ2v) is 5.12. The van der Waals surface area contributed by atoms with Gasteiger partial charge in [-0.2, -0.15) is 0 Å². The second kappa shape index (κ2) is 4.16. The average molecular weight is 221 g/mol. The molecule has 0 unspecified atom stereocenters. The first-order chi connectivity index (χ1) is 7.16. The number of nitrogens with two attached hydrogens (primary N) is 1. The minimum absolute atomic E-state index is 0.0357. The monoisotopic (exact) mass is 221 g/mol. The van der Waals surface area contributed by atoms with Gasteiger partial charge in [0.15, 0.2) is 0 Å². The van der Waals surface area contributed by atoms with Crippen LogP contribution < -0.4 is 5.73 Å². The third-order valence-corrected chi connectivity index (χ3v) is 3.32. The molecule has 0 fully saturated rings. The van der Waals surface area contributed by atoms with E-state index in [2.05, 4.69) is 28.6 Å². The molecule has 3 nitrogen and oxygen atoms in total. The fraction of sp³-hybridized carbons (Fsp3) is 0.364. The highest BCUT2D eigenvalue weighted by molar-refractivity contribution is 7.11. The van der Waals surface area contributed by atoms with Crippen LogP contribution in [0.15, 0.2) is 24.7 Å². The maximum absolute atomic E-state index is 5.86. The molecule has 0 aromatic carbocycles. The lowest BCUT2D eigenvalue weighted by molar-refractivity contribution is 0.679. The Morgan fingerprint density at radius 2 is 2.33 bits per heavy atom. The molecule has 2 N–H and O–H groups in total. The van der Waals surface area contributed by atoms with Crippen LogP contribution in [0.25, 0.3) is 0 Å². The average Bonchev–Trinajstić information content (AvgIpc) is 2.75. The lowest BCUT2D eigenvalue weighted by Crippen LogP contribution is -2.11. The standard InChI is InChI=1S/C11H15N3S/c1-8-3-4-10(15-8)6-14-7-13-5-11(14)9(2)12/h3-5,7,9H,6,12H2,1-2H3/t9-/m1/s1. The van der Waals surface area contributed by atoms with Crippen molar-refractivity contribution in [2.75, 3.05) is 0 Å². The van der Waals surface area contributed by atoms with Gasteiger partial charge in [-0.05, 0) is 26.0 Å². The zero-order chi connectivity index (χ0) is 10.8. The maximum atomic E-state index is 5.86. The van der Waals surface area contributed by atoms with Gasteiger partial charge in [-0.25, -0.2) is 4.98 Å². The lowest BCUT2D eigenvalue weighted by Gasteiger charge is -2.09. The number of hydrogen-bond donors (Lipinski definition) is 1. The number of rotatable bonds is 3. The molecule has 0 aliphatic rings. The Morgan fingerprint density at radius 1 is 1.53 bits per heavy atom. The van der Waals surface area contributed by atoms with Crippen LogP contribution in [0.1, 0.15) is 28.4 Å². The molecular weight excluding hydrogens is 206 g/mol. The summed E-state index contributed by atoms with van der Waals surface area (Å²) in [6.07, 6.45) is 3.68. The SMILES string of the molecule is Cc1ccc(Cn2cncc2[C@@H](C)N)s1. The molecule has 0 radical (unpaired) electrons. The molecule has 80 valence electrons.